The smallest absolute Gasteiger partial charge is 0.266 e. The van der Waals surface area contributed by atoms with Crippen LogP contribution in [0.25, 0.3) is 0 Å². The van der Waals surface area contributed by atoms with Gasteiger partial charge >= 0.3 is 0 Å². The molecule has 0 amide bonds. The van der Waals surface area contributed by atoms with Crippen molar-refractivity contribution in [1.29, 1.82) is 0 Å². The lowest BCUT2D eigenvalue weighted by molar-refractivity contribution is 0.918. The van der Waals surface area contributed by atoms with Gasteiger partial charge in [0.15, 0.2) is 0 Å². The van der Waals surface area contributed by atoms with E-state index in [-0.39, 0.29) is 5.56 Å². The third-order valence-corrected chi connectivity index (χ3v) is 2.70. The van der Waals surface area contributed by atoms with Crippen LogP contribution < -0.4 is 10.5 Å². The highest BCUT2D eigenvalue weighted by Gasteiger charge is 2.08. The normalized spacial score (nSPS) is 10.1. The van der Waals surface area contributed by atoms with Crippen LogP contribution in [-0.2, 0) is 0 Å². The SMILES string of the molecule is CN(CCCl)c1nc[nH]c(=O)c1I. The summed E-state index contributed by atoms with van der Waals surface area (Å²) in [6.07, 6.45) is 1.39. The molecule has 1 rings (SSSR count). The van der Waals surface area contributed by atoms with Crippen molar-refractivity contribution in [3.8, 4) is 0 Å². The number of anilines is 1. The number of H-pyrrole nitrogens is 1. The van der Waals surface area contributed by atoms with E-state index in [1.54, 1.807) is 0 Å². The van der Waals surface area contributed by atoms with Crippen molar-refractivity contribution in [2.75, 3.05) is 24.4 Å². The highest BCUT2D eigenvalue weighted by atomic mass is 127. The molecule has 0 aromatic carbocycles. The highest BCUT2D eigenvalue weighted by Crippen LogP contribution is 2.12. The fraction of sp³-hybridized carbons (Fsp3) is 0.429. The Bertz CT molecular complexity index is 341. The number of aromatic nitrogens is 2. The molecule has 72 valence electrons. The first kappa shape index (κ1) is 10.8. The maximum atomic E-state index is 11.2. The average Bonchev–Trinajstić information content (AvgIpc) is 2.10. The van der Waals surface area contributed by atoms with Crippen molar-refractivity contribution in [2.24, 2.45) is 0 Å². The monoisotopic (exact) mass is 313 g/mol. The standard InChI is InChI=1S/C7H9ClIN3O/c1-12(3-2-8)6-5(9)7(13)11-4-10-6/h4H,2-3H2,1H3,(H,10,11,13). The van der Waals surface area contributed by atoms with Crippen molar-refractivity contribution >= 4 is 40.0 Å². The van der Waals surface area contributed by atoms with E-state index in [1.807, 2.05) is 34.5 Å². The molecule has 0 radical (unpaired) electrons. The Morgan fingerprint density at radius 2 is 2.46 bits per heavy atom. The van der Waals surface area contributed by atoms with Gasteiger partial charge in [0.1, 0.15) is 9.39 Å². The number of hydrogen-bond donors (Lipinski definition) is 1. The molecule has 0 bridgehead atoms. The Morgan fingerprint density at radius 1 is 1.77 bits per heavy atom. The summed E-state index contributed by atoms with van der Waals surface area (Å²) < 4.78 is 0.590. The van der Waals surface area contributed by atoms with E-state index in [2.05, 4.69) is 9.97 Å². The molecule has 0 spiro atoms. The van der Waals surface area contributed by atoms with Gasteiger partial charge in [-0.1, -0.05) is 0 Å². The molecule has 0 unspecified atom stereocenters. The van der Waals surface area contributed by atoms with Crippen LogP contribution in [-0.4, -0.2) is 29.4 Å². The number of halogens is 2. The molecule has 0 aliphatic carbocycles. The van der Waals surface area contributed by atoms with Crippen LogP contribution in [0.5, 0.6) is 0 Å². The number of rotatable bonds is 3. The summed E-state index contributed by atoms with van der Waals surface area (Å²) >= 11 is 7.55. The Morgan fingerprint density at radius 3 is 3.08 bits per heavy atom. The molecule has 6 heteroatoms. The van der Waals surface area contributed by atoms with Crippen molar-refractivity contribution in [3.63, 3.8) is 0 Å². The summed E-state index contributed by atoms with van der Waals surface area (Å²) in [6, 6.07) is 0. The Hall–Kier alpha value is -0.300. The zero-order valence-electron chi connectivity index (χ0n) is 7.05. The van der Waals surface area contributed by atoms with Gasteiger partial charge in [-0.15, -0.1) is 11.6 Å². The van der Waals surface area contributed by atoms with Crippen LogP contribution in [0.3, 0.4) is 0 Å². The Kier molecular flexibility index (Phi) is 3.98. The fourth-order valence-corrected chi connectivity index (χ4v) is 1.83. The minimum absolute atomic E-state index is 0.118. The maximum Gasteiger partial charge on any atom is 0.266 e. The van der Waals surface area contributed by atoms with Gasteiger partial charge in [-0.05, 0) is 22.6 Å². The molecule has 0 saturated carbocycles. The van der Waals surface area contributed by atoms with Crippen molar-refractivity contribution in [3.05, 3.63) is 20.3 Å². The highest BCUT2D eigenvalue weighted by molar-refractivity contribution is 14.1. The molecule has 1 heterocycles. The quantitative estimate of drug-likeness (QED) is 0.670. The van der Waals surface area contributed by atoms with Gasteiger partial charge in [-0.25, -0.2) is 4.98 Å². The third-order valence-electron chi connectivity index (χ3n) is 1.56. The van der Waals surface area contributed by atoms with Crippen LogP contribution in [0.2, 0.25) is 0 Å². The van der Waals surface area contributed by atoms with Crippen LogP contribution in [0.4, 0.5) is 5.82 Å². The first-order valence-electron chi connectivity index (χ1n) is 3.67. The minimum Gasteiger partial charge on any atom is -0.357 e. The van der Waals surface area contributed by atoms with Gasteiger partial charge in [0, 0.05) is 19.5 Å². The molecule has 0 aliphatic heterocycles. The Balaban J connectivity index is 3.00. The molecule has 1 aromatic rings. The van der Waals surface area contributed by atoms with E-state index in [4.69, 9.17) is 11.6 Å². The summed E-state index contributed by atoms with van der Waals surface area (Å²) in [7, 11) is 1.85. The largest absolute Gasteiger partial charge is 0.357 e. The lowest BCUT2D eigenvalue weighted by Crippen LogP contribution is -2.25. The first-order chi connectivity index (χ1) is 6.16. The average molecular weight is 314 g/mol. The predicted octanol–water partition coefficient (Wildman–Crippen LogP) is 1.05. The zero-order chi connectivity index (χ0) is 9.84. The first-order valence-corrected chi connectivity index (χ1v) is 5.28. The van der Waals surface area contributed by atoms with Crippen LogP contribution in [0.1, 0.15) is 0 Å². The molecule has 0 saturated heterocycles. The fourth-order valence-electron chi connectivity index (χ4n) is 0.872. The predicted molar refractivity (Wildman–Crippen MR) is 61.6 cm³/mol. The maximum absolute atomic E-state index is 11.2. The van der Waals surface area contributed by atoms with E-state index in [0.29, 0.717) is 21.8 Å². The number of hydrogen-bond acceptors (Lipinski definition) is 3. The summed E-state index contributed by atoms with van der Waals surface area (Å²) in [5, 5.41) is 0. The molecule has 0 aliphatic rings. The number of nitrogens with zero attached hydrogens (tertiary/aromatic N) is 2. The molecule has 4 nitrogen and oxygen atoms in total. The van der Waals surface area contributed by atoms with Gasteiger partial charge in [0.05, 0.1) is 6.33 Å². The molecule has 1 aromatic heterocycles. The van der Waals surface area contributed by atoms with Gasteiger partial charge in [-0.3, -0.25) is 4.79 Å². The van der Waals surface area contributed by atoms with E-state index < -0.39 is 0 Å². The van der Waals surface area contributed by atoms with E-state index in [0.717, 1.165) is 0 Å². The van der Waals surface area contributed by atoms with Gasteiger partial charge in [0.25, 0.3) is 5.56 Å². The van der Waals surface area contributed by atoms with E-state index >= 15 is 0 Å². The molecule has 0 fully saturated rings. The molecular formula is C7H9ClIN3O. The molecule has 0 atom stereocenters. The van der Waals surface area contributed by atoms with Crippen molar-refractivity contribution in [2.45, 2.75) is 0 Å². The lowest BCUT2D eigenvalue weighted by Gasteiger charge is -2.16. The van der Waals surface area contributed by atoms with E-state index in [1.165, 1.54) is 6.33 Å². The minimum atomic E-state index is -0.118. The second kappa shape index (κ2) is 4.80. The summed E-state index contributed by atoms with van der Waals surface area (Å²) in [5.74, 6) is 1.19. The second-order valence-electron chi connectivity index (χ2n) is 2.48. The Labute approximate surface area is 94.5 Å². The molecular weight excluding hydrogens is 304 g/mol. The van der Waals surface area contributed by atoms with Gasteiger partial charge < -0.3 is 9.88 Å². The molecule has 13 heavy (non-hydrogen) atoms. The van der Waals surface area contributed by atoms with Crippen LogP contribution in [0, 0.1) is 3.57 Å². The number of nitrogens with one attached hydrogen (secondary N) is 1. The second-order valence-corrected chi connectivity index (χ2v) is 3.94. The zero-order valence-corrected chi connectivity index (χ0v) is 9.96. The van der Waals surface area contributed by atoms with E-state index in [9.17, 15) is 4.79 Å². The number of alkyl halides is 1. The van der Waals surface area contributed by atoms with Gasteiger partial charge in [-0.2, -0.15) is 0 Å². The van der Waals surface area contributed by atoms with Crippen molar-refractivity contribution in [1.82, 2.24) is 9.97 Å². The summed E-state index contributed by atoms with van der Waals surface area (Å²) in [6.45, 7) is 0.675. The van der Waals surface area contributed by atoms with Crippen LogP contribution >= 0.6 is 34.2 Å². The van der Waals surface area contributed by atoms with Gasteiger partial charge in [0.2, 0.25) is 0 Å². The lowest BCUT2D eigenvalue weighted by atomic mass is 10.5. The van der Waals surface area contributed by atoms with Crippen LogP contribution in [0.15, 0.2) is 11.1 Å². The summed E-state index contributed by atoms with van der Waals surface area (Å²) in [5.41, 5.74) is -0.118. The third kappa shape index (κ3) is 2.57. The number of aromatic amines is 1. The topological polar surface area (TPSA) is 49.0 Å². The molecule has 1 N–H and O–H groups in total. The summed E-state index contributed by atoms with van der Waals surface area (Å²) in [4.78, 5) is 19.6. The van der Waals surface area contributed by atoms with Crippen molar-refractivity contribution < 1.29 is 0 Å².